The van der Waals surface area contributed by atoms with Crippen LogP contribution in [0.5, 0.6) is 0 Å². The summed E-state index contributed by atoms with van der Waals surface area (Å²) < 4.78 is 4.14. The Kier molecular flexibility index (Phi) is 7.40. The zero-order valence-corrected chi connectivity index (χ0v) is 4.31. The molecule has 0 radical (unpaired) electrons. The molecule has 0 aromatic rings. The fraction of sp³-hybridized carbons (Fsp3) is 0.250. The average molecular weight is 97.1 g/mol. The molecule has 3 heteroatoms. The molecule has 0 saturated carbocycles. The second kappa shape index (κ2) is 5.38. The van der Waals surface area contributed by atoms with E-state index in [0.717, 1.165) is 6.08 Å². The van der Waals surface area contributed by atoms with Crippen molar-refractivity contribution >= 4 is 16.1 Å². The molecular formula is C4H8BeO2. The van der Waals surface area contributed by atoms with Crippen molar-refractivity contribution in [2.75, 3.05) is 7.11 Å². The van der Waals surface area contributed by atoms with Crippen LogP contribution in [0.3, 0.4) is 0 Å². The predicted octanol–water partition coefficient (Wildman–Crippen LogP) is 0.190. The molecule has 0 spiro atoms. The molecule has 0 aromatic heterocycles. The second-order valence-electron chi connectivity index (χ2n) is 0.727. The number of methoxy groups -OCH3 is 1. The van der Waals surface area contributed by atoms with Crippen LogP contribution in [0.25, 0.3) is 0 Å². The molecule has 0 N–H and O–H groups in total. The smallest absolute Gasteiger partial charge is 1.00 e. The standard InChI is InChI=1S/C4H6O2.Be.2H/c1-3-4(5)6-2;;;/h3H,1H2,2H3;;;/q;+2;2*-1. The maximum absolute atomic E-state index is 9.84. The van der Waals surface area contributed by atoms with Gasteiger partial charge in [-0.05, 0) is 0 Å². The zero-order valence-electron chi connectivity index (χ0n) is 6.31. The molecule has 7 heavy (non-hydrogen) atoms. The van der Waals surface area contributed by atoms with Crippen LogP contribution < -0.4 is 0 Å². The van der Waals surface area contributed by atoms with Gasteiger partial charge < -0.3 is 7.59 Å². The summed E-state index contributed by atoms with van der Waals surface area (Å²) in [6.45, 7) is 3.16. The van der Waals surface area contributed by atoms with Gasteiger partial charge in [-0.25, -0.2) is 4.79 Å². The van der Waals surface area contributed by atoms with Gasteiger partial charge in [-0.1, -0.05) is 6.58 Å². The van der Waals surface area contributed by atoms with Crippen molar-refractivity contribution in [1.29, 1.82) is 0 Å². The molecule has 0 bridgehead atoms. The first-order valence-electron chi connectivity index (χ1n) is 1.51. The number of carbonyl (C=O) groups excluding carboxylic acids is 1. The van der Waals surface area contributed by atoms with Crippen LogP contribution in [-0.4, -0.2) is 23.2 Å². The SMILES string of the molecule is C=CC(=O)OC.[Be+2].[H-].[H-]. The first-order valence-corrected chi connectivity index (χ1v) is 1.51. The molecule has 0 saturated heterocycles. The normalized spacial score (nSPS) is 5.86. The molecular weight excluding hydrogens is 89.1 g/mol. The fourth-order valence-corrected chi connectivity index (χ4v) is 0.0833. The van der Waals surface area contributed by atoms with E-state index in [2.05, 4.69) is 11.3 Å². The number of ether oxygens (including phenoxy) is 1. The molecule has 0 atom stereocenters. The minimum Gasteiger partial charge on any atom is -1.00 e. The van der Waals surface area contributed by atoms with Crippen molar-refractivity contribution in [3.05, 3.63) is 12.7 Å². The van der Waals surface area contributed by atoms with E-state index >= 15 is 0 Å². The van der Waals surface area contributed by atoms with Crippen LogP contribution in [-0.2, 0) is 9.53 Å². The molecule has 0 aliphatic rings. The number of hydrogen-bond acceptors (Lipinski definition) is 2. The fourth-order valence-electron chi connectivity index (χ4n) is 0.0833. The summed E-state index contributed by atoms with van der Waals surface area (Å²) in [7, 11) is 1.31. The monoisotopic (exact) mass is 97.1 g/mol. The van der Waals surface area contributed by atoms with E-state index in [-0.39, 0.29) is 13.0 Å². The van der Waals surface area contributed by atoms with Gasteiger partial charge in [-0.3, -0.25) is 0 Å². The Hall–Kier alpha value is -0.621. The maximum Gasteiger partial charge on any atom is 2.00 e. The van der Waals surface area contributed by atoms with Crippen molar-refractivity contribution in [2.24, 2.45) is 0 Å². The van der Waals surface area contributed by atoms with Gasteiger partial charge in [0, 0.05) is 6.08 Å². The van der Waals surface area contributed by atoms with Crippen molar-refractivity contribution in [2.45, 2.75) is 0 Å². The number of carbonyl (C=O) groups is 1. The van der Waals surface area contributed by atoms with E-state index < -0.39 is 5.97 Å². The minimum atomic E-state index is -0.394. The molecule has 0 aliphatic carbocycles. The molecule has 38 valence electrons. The first-order chi connectivity index (χ1) is 2.81. The minimum absolute atomic E-state index is 0. The molecule has 0 heterocycles. The van der Waals surface area contributed by atoms with Crippen LogP contribution >= 0.6 is 0 Å². The van der Waals surface area contributed by atoms with E-state index in [9.17, 15) is 4.79 Å². The van der Waals surface area contributed by atoms with Gasteiger partial charge in [0.2, 0.25) is 0 Å². The largest absolute Gasteiger partial charge is 2.00 e. The average Bonchev–Trinajstić information content (AvgIpc) is 1.65. The van der Waals surface area contributed by atoms with Crippen LogP contribution in [0.2, 0.25) is 0 Å². The van der Waals surface area contributed by atoms with Gasteiger partial charge in [0.05, 0.1) is 7.11 Å². The van der Waals surface area contributed by atoms with E-state index in [1.807, 2.05) is 0 Å². The Labute approximate surface area is 49.4 Å². The summed E-state index contributed by atoms with van der Waals surface area (Å²) in [6.07, 6.45) is 1.11. The van der Waals surface area contributed by atoms with E-state index in [1.165, 1.54) is 7.11 Å². The number of rotatable bonds is 1. The summed E-state index contributed by atoms with van der Waals surface area (Å²) in [6, 6.07) is 0. The van der Waals surface area contributed by atoms with Crippen LogP contribution in [0.1, 0.15) is 2.85 Å². The third-order valence-electron chi connectivity index (χ3n) is 0.368. The van der Waals surface area contributed by atoms with Crippen molar-refractivity contribution in [1.82, 2.24) is 0 Å². The second-order valence-corrected chi connectivity index (χ2v) is 0.727. The molecule has 0 amide bonds. The van der Waals surface area contributed by atoms with Crippen LogP contribution in [0.4, 0.5) is 0 Å². The topological polar surface area (TPSA) is 26.3 Å². The molecule has 2 nitrogen and oxygen atoms in total. The molecule has 0 fully saturated rings. The van der Waals surface area contributed by atoms with E-state index in [0.29, 0.717) is 0 Å². The summed E-state index contributed by atoms with van der Waals surface area (Å²) in [5.41, 5.74) is 0. The Morgan fingerprint density at radius 1 is 2.00 bits per heavy atom. The molecule has 0 aliphatic heterocycles. The summed E-state index contributed by atoms with van der Waals surface area (Å²) >= 11 is 0. The van der Waals surface area contributed by atoms with Crippen LogP contribution in [0, 0.1) is 0 Å². The molecule has 0 rings (SSSR count). The maximum atomic E-state index is 9.84. The number of esters is 1. The summed E-state index contributed by atoms with van der Waals surface area (Å²) in [5, 5.41) is 0. The Bertz CT molecular complexity index is 77.0. The van der Waals surface area contributed by atoms with Gasteiger partial charge in [0.1, 0.15) is 0 Å². The van der Waals surface area contributed by atoms with Gasteiger partial charge in [-0.15, -0.1) is 0 Å². The Morgan fingerprint density at radius 2 is 2.43 bits per heavy atom. The van der Waals surface area contributed by atoms with Gasteiger partial charge in [0.15, 0.2) is 0 Å². The quantitative estimate of drug-likeness (QED) is 0.265. The third kappa shape index (κ3) is 5.38. The summed E-state index contributed by atoms with van der Waals surface area (Å²) in [4.78, 5) is 9.84. The van der Waals surface area contributed by atoms with Crippen molar-refractivity contribution in [3.8, 4) is 0 Å². The zero-order chi connectivity index (χ0) is 4.99. The first kappa shape index (κ1) is 9.62. The number of hydrogen-bond donors (Lipinski definition) is 0. The van der Waals surface area contributed by atoms with Crippen LogP contribution in [0.15, 0.2) is 12.7 Å². The predicted molar refractivity (Wildman–Crippen MR) is 30.2 cm³/mol. The summed E-state index contributed by atoms with van der Waals surface area (Å²) in [5.74, 6) is -0.394. The molecule has 0 aromatic carbocycles. The molecule has 0 unspecified atom stereocenters. The Morgan fingerprint density at radius 3 is 2.43 bits per heavy atom. The Balaban J connectivity index is -0.0000000417. The van der Waals surface area contributed by atoms with E-state index in [1.54, 1.807) is 0 Å². The van der Waals surface area contributed by atoms with Gasteiger partial charge in [0.25, 0.3) is 0 Å². The van der Waals surface area contributed by atoms with Crippen molar-refractivity contribution in [3.63, 3.8) is 0 Å². The van der Waals surface area contributed by atoms with Gasteiger partial charge >= 0.3 is 16.1 Å². The third-order valence-corrected chi connectivity index (χ3v) is 0.368. The van der Waals surface area contributed by atoms with Crippen molar-refractivity contribution < 1.29 is 12.4 Å². The van der Waals surface area contributed by atoms with E-state index in [4.69, 9.17) is 0 Å². The van der Waals surface area contributed by atoms with Gasteiger partial charge in [-0.2, -0.15) is 0 Å².